The van der Waals surface area contributed by atoms with E-state index in [0.717, 1.165) is 5.56 Å². The lowest BCUT2D eigenvalue weighted by Crippen LogP contribution is -2.05. The fourth-order valence-corrected chi connectivity index (χ4v) is 1.34. The van der Waals surface area contributed by atoms with E-state index in [1.54, 1.807) is 25.3 Å². The third-order valence-corrected chi connectivity index (χ3v) is 2.01. The Morgan fingerprint density at radius 1 is 1.53 bits per heavy atom. The molecule has 0 unspecified atom stereocenters. The van der Waals surface area contributed by atoms with Crippen molar-refractivity contribution in [2.45, 2.75) is 19.1 Å². The van der Waals surface area contributed by atoms with Gasteiger partial charge in [-0.1, -0.05) is 24.3 Å². The van der Waals surface area contributed by atoms with Gasteiger partial charge in [0.2, 0.25) is 0 Å². The van der Waals surface area contributed by atoms with Crippen molar-refractivity contribution in [2.24, 2.45) is 0 Å². The van der Waals surface area contributed by atoms with E-state index >= 15 is 0 Å². The van der Waals surface area contributed by atoms with Crippen molar-refractivity contribution in [3.05, 3.63) is 35.4 Å². The van der Waals surface area contributed by atoms with Gasteiger partial charge in [0, 0.05) is 7.11 Å². The van der Waals surface area contributed by atoms with Gasteiger partial charge in [-0.25, -0.2) is 0 Å². The molecule has 0 aliphatic rings. The Bertz CT molecular complexity index is 335. The van der Waals surface area contributed by atoms with E-state index in [2.05, 4.69) is 0 Å². The molecule has 0 aromatic heterocycles. The van der Waals surface area contributed by atoms with Gasteiger partial charge in [-0.15, -0.1) is 0 Å². The van der Waals surface area contributed by atoms with Crippen LogP contribution >= 0.6 is 0 Å². The minimum atomic E-state index is -1.01. The van der Waals surface area contributed by atoms with Crippen LogP contribution in [0.2, 0.25) is 0 Å². The second kappa shape index (κ2) is 5.48. The molecular formula is C11H14O4. The summed E-state index contributed by atoms with van der Waals surface area (Å²) in [5.41, 5.74) is 1.52. The summed E-state index contributed by atoms with van der Waals surface area (Å²) in [6, 6.07) is 7.08. The molecule has 1 rings (SSSR count). The molecule has 0 radical (unpaired) electrons. The number of ether oxygens (including phenoxy) is 1. The zero-order valence-corrected chi connectivity index (χ0v) is 8.51. The van der Waals surface area contributed by atoms with E-state index in [0.29, 0.717) is 12.2 Å². The van der Waals surface area contributed by atoms with Crippen molar-refractivity contribution in [3.8, 4) is 0 Å². The van der Waals surface area contributed by atoms with Gasteiger partial charge in [0.15, 0.2) is 0 Å². The molecule has 0 bridgehead atoms. The smallest absolute Gasteiger partial charge is 0.306 e. The summed E-state index contributed by atoms with van der Waals surface area (Å²) in [6.07, 6.45) is -1.24. The number of rotatable bonds is 5. The molecule has 0 amide bonds. The van der Waals surface area contributed by atoms with E-state index in [4.69, 9.17) is 9.84 Å². The zero-order chi connectivity index (χ0) is 11.3. The molecule has 1 aromatic carbocycles. The van der Waals surface area contributed by atoms with E-state index in [9.17, 15) is 9.90 Å². The molecule has 0 heterocycles. The molecule has 15 heavy (non-hydrogen) atoms. The lowest BCUT2D eigenvalue weighted by atomic mass is 10.0. The van der Waals surface area contributed by atoms with Crippen LogP contribution in [0.4, 0.5) is 0 Å². The number of aliphatic hydroxyl groups is 1. The molecule has 0 saturated carbocycles. The molecule has 2 N–H and O–H groups in total. The summed E-state index contributed by atoms with van der Waals surface area (Å²) < 4.78 is 4.95. The molecular weight excluding hydrogens is 196 g/mol. The molecule has 0 aliphatic carbocycles. The van der Waals surface area contributed by atoms with Crippen LogP contribution in [-0.2, 0) is 16.1 Å². The lowest BCUT2D eigenvalue weighted by Gasteiger charge is -2.09. The summed E-state index contributed by atoms with van der Waals surface area (Å²) in [4.78, 5) is 10.4. The van der Waals surface area contributed by atoms with E-state index in [1.165, 1.54) is 0 Å². The average Bonchev–Trinajstić information content (AvgIpc) is 2.17. The van der Waals surface area contributed by atoms with Gasteiger partial charge in [-0.3, -0.25) is 4.79 Å². The maximum atomic E-state index is 10.4. The predicted molar refractivity (Wildman–Crippen MR) is 54.4 cm³/mol. The zero-order valence-electron chi connectivity index (χ0n) is 8.51. The summed E-state index contributed by atoms with van der Waals surface area (Å²) in [5.74, 6) is -1.01. The van der Waals surface area contributed by atoms with Gasteiger partial charge >= 0.3 is 5.97 Å². The SMILES string of the molecule is COCc1cccc([C@@H](O)CC(=O)O)c1. The number of carboxylic acids is 1. The van der Waals surface area contributed by atoms with Gasteiger partial charge in [0.1, 0.15) is 0 Å². The molecule has 0 spiro atoms. The maximum Gasteiger partial charge on any atom is 0.306 e. The second-order valence-corrected chi connectivity index (χ2v) is 3.29. The number of hydrogen-bond acceptors (Lipinski definition) is 3. The summed E-state index contributed by atoms with van der Waals surface area (Å²) in [7, 11) is 1.58. The number of benzene rings is 1. The first-order valence-electron chi connectivity index (χ1n) is 4.61. The van der Waals surface area contributed by atoms with Crippen molar-refractivity contribution in [3.63, 3.8) is 0 Å². The van der Waals surface area contributed by atoms with Gasteiger partial charge in [-0.2, -0.15) is 0 Å². The summed E-state index contributed by atoms with van der Waals surface area (Å²) in [5, 5.41) is 18.1. The Labute approximate surface area is 88.1 Å². The first-order chi connectivity index (χ1) is 7.13. The standard InChI is InChI=1S/C11H14O4/c1-15-7-8-3-2-4-9(5-8)10(12)6-11(13)14/h2-5,10,12H,6-7H2,1H3,(H,13,14)/t10-/m0/s1. The number of aliphatic carboxylic acids is 1. The minimum Gasteiger partial charge on any atom is -0.481 e. The molecule has 0 fully saturated rings. The normalized spacial score (nSPS) is 12.4. The van der Waals surface area contributed by atoms with Crippen molar-refractivity contribution in [1.29, 1.82) is 0 Å². The molecule has 0 saturated heterocycles. The van der Waals surface area contributed by atoms with Crippen LogP contribution in [-0.4, -0.2) is 23.3 Å². The van der Waals surface area contributed by atoms with Crippen LogP contribution in [0.5, 0.6) is 0 Å². The third-order valence-electron chi connectivity index (χ3n) is 2.01. The highest BCUT2D eigenvalue weighted by molar-refractivity contribution is 5.67. The van der Waals surface area contributed by atoms with Gasteiger partial charge in [-0.05, 0) is 11.1 Å². The molecule has 1 atom stereocenters. The van der Waals surface area contributed by atoms with E-state index in [1.807, 2.05) is 6.07 Å². The van der Waals surface area contributed by atoms with Crippen LogP contribution in [0.1, 0.15) is 23.7 Å². The summed E-state index contributed by atoms with van der Waals surface area (Å²) in [6.45, 7) is 0.452. The summed E-state index contributed by atoms with van der Waals surface area (Å²) >= 11 is 0. The number of carboxylic acid groups (broad SMARTS) is 1. The Hall–Kier alpha value is -1.39. The predicted octanol–water partition coefficient (Wildman–Crippen LogP) is 1.34. The van der Waals surface area contributed by atoms with Crippen molar-refractivity contribution < 1.29 is 19.7 Å². The molecule has 4 heteroatoms. The topological polar surface area (TPSA) is 66.8 Å². The van der Waals surface area contributed by atoms with Crippen LogP contribution < -0.4 is 0 Å². The molecule has 4 nitrogen and oxygen atoms in total. The highest BCUT2D eigenvalue weighted by atomic mass is 16.5. The lowest BCUT2D eigenvalue weighted by molar-refractivity contribution is -0.139. The second-order valence-electron chi connectivity index (χ2n) is 3.29. The minimum absolute atomic E-state index is 0.281. The Morgan fingerprint density at radius 3 is 2.87 bits per heavy atom. The quantitative estimate of drug-likeness (QED) is 0.769. The fraction of sp³-hybridized carbons (Fsp3) is 0.364. The Balaban J connectivity index is 2.75. The number of carbonyl (C=O) groups is 1. The van der Waals surface area contributed by atoms with Crippen LogP contribution in [0.25, 0.3) is 0 Å². The van der Waals surface area contributed by atoms with Crippen molar-refractivity contribution in [2.75, 3.05) is 7.11 Å². The molecule has 1 aromatic rings. The number of aliphatic hydroxyl groups excluding tert-OH is 1. The first-order valence-corrected chi connectivity index (χ1v) is 4.61. The Morgan fingerprint density at radius 2 is 2.27 bits per heavy atom. The van der Waals surface area contributed by atoms with Gasteiger partial charge in [0.25, 0.3) is 0 Å². The van der Waals surface area contributed by atoms with Crippen LogP contribution in [0, 0.1) is 0 Å². The molecule has 82 valence electrons. The largest absolute Gasteiger partial charge is 0.481 e. The van der Waals surface area contributed by atoms with Crippen LogP contribution in [0.15, 0.2) is 24.3 Å². The third kappa shape index (κ3) is 3.69. The highest BCUT2D eigenvalue weighted by Gasteiger charge is 2.11. The van der Waals surface area contributed by atoms with Crippen molar-refractivity contribution >= 4 is 5.97 Å². The fourth-order valence-electron chi connectivity index (χ4n) is 1.34. The van der Waals surface area contributed by atoms with E-state index in [-0.39, 0.29) is 6.42 Å². The van der Waals surface area contributed by atoms with E-state index < -0.39 is 12.1 Å². The molecule has 0 aliphatic heterocycles. The van der Waals surface area contributed by atoms with Crippen molar-refractivity contribution in [1.82, 2.24) is 0 Å². The number of methoxy groups -OCH3 is 1. The van der Waals surface area contributed by atoms with Gasteiger partial charge in [0.05, 0.1) is 19.1 Å². The number of hydrogen-bond donors (Lipinski definition) is 2. The average molecular weight is 210 g/mol. The van der Waals surface area contributed by atoms with Crippen LogP contribution in [0.3, 0.4) is 0 Å². The maximum absolute atomic E-state index is 10.4. The highest BCUT2D eigenvalue weighted by Crippen LogP contribution is 2.18. The first kappa shape index (κ1) is 11.7. The monoisotopic (exact) mass is 210 g/mol. The Kier molecular flexibility index (Phi) is 4.27. The van der Waals surface area contributed by atoms with Gasteiger partial charge < -0.3 is 14.9 Å².